The molecule has 23 heavy (non-hydrogen) atoms. The van der Waals surface area contributed by atoms with Gasteiger partial charge < -0.3 is 14.6 Å². The number of alkyl halides is 3. The van der Waals surface area contributed by atoms with E-state index in [1.165, 1.54) is 6.07 Å². The fourth-order valence-corrected chi connectivity index (χ4v) is 1.51. The molecular formula is C12H10ClF3N2O5. The molecule has 0 unspecified atom stereocenters. The van der Waals surface area contributed by atoms with Crippen molar-refractivity contribution in [1.82, 2.24) is 5.43 Å². The molecule has 11 heteroatoms. The van der Waals surface area contributed by atoms with Crippen molar-refractivity contribution in [2.75, 3.05) is 6.61 Å². The molecule has 0 spiro atoms. The Morgan fingerprint density at radius 1 is 1.39 bits per heavy atom. The Balaban J connectivity index is 3.14. The Kier molecular flexibility index (Phi) is 6.19. The Morgan fingerprint density at radius 2 is 2.04 bits per heavy atom. The molecule has 0 aliphatic rings. The highest BCUT2D eigenvalue weighted by atomic mass is 35.5. The lowest BCUT2D eigenvalue weighted by Gasteiger charge is -2.13. The Labute approximate surface area is 132 Å². The molecule has 0 aliphatic carbocycles. The van der Waals surface area contributed by atoms with Crippen LogP contribution in [0.1, 0.15) is 12.5 Å². The molecule has 1 aromatic rings. The van der Waals surface area contributed by atoms with Gasteiger partial charge in [-0.05, 0) is 12.1 Å². The molecule has 0 aromatic heterocycles. The molecule has 7 nitrogen and oxygen atoms in total. The number of esters is 1. The molecule has 2 N–H and O–H groups in total. The Bertz CT molecular complexity index is 634. The van der Waals surface area contributed by atoms with Crippen LogP contribution in [0, 0.1) is 0 Å². The number of nitrogens with one attached hydrogen (secondary N) is 1. The number of carbonyl (C=O) groups is 2. The van der Waals surface area contributed by atoms with Crippen molar-refractivity contribution < 1.29 is 37.3 Å². The van der Waals surface area contributed by atoms with E-state index in [1.54, 1.807) is 5.43 Å². The summed E-state index contributed by atoms with van der Waals surface area (Å²) in [6.45, 7) is 0.630. The first-order valence-electron chi connectivity index (χ1n) is 5.83. The molecule has 1 aromatic carbocycles. The quantitative estimate of drug-likeness (QED) is 0.481. The van der Waals surface area contributed by atoms with Crippen molar-refractivity contribution in [1.29, 1.82) is 0 Å². The van der Waals surface area contributed by atoms with Crippen LogP contribution in [0.4, 0.5) is 18.0 Å². The number of amides is 1. The number of ether oxygens (including phenoxy) is 2. The number of hydrazone groups is 1. The second-order valence-electron chi connectivity index (χ2n) is 3.95. The number of carbonyl (C=O) groups excluding carboxylic acids is 1. The van der Waals surface area contributed by atoms with Gasteiger partial charge in [-0.25, -0.2) is 10.2 Å². The van der Waals surface area contributed by atoms with Crippen LogP contribution in [0.2, 0.25) is 5.02 Å². The van der Waals surface area contributed by atoms with Crippen molar-refractivity contribution in [2.45, 2.75) is 13.3 Å². The van der Waals surface area contributed by atoms with Gasteiger partial charge in [0.1, 0.15) is 18.1 Å². The lowest BCUT2D eigenvalue weighted by molar-refractivity contribution is -0.274. The standard InChI is InChI=1S/C12H10ClF3N2O5/c1-6(19)22-5-9(17-18-11(20)21)7-2-3-8(13)10(4-7)23-12(14,15)16/h2-4,18H,5H2,1H3,(H,20,21). The molecule has 0 atom stereocenters. The zero-order valence-corrected chi connectivity index (χ0v) is 12.2. The van der Waals surface area contributed by atoms with E-state index in [0.717, 1.165) is 19.1 Å². The summed E-state index contributed by atoms with van der Waals surface area (Å²) >= 11 is 5.60. The van der Waals surface area contributed by atoms with Gasteiger partial charge in [-0.1, -0.05) is 17.7 Å². The first-order valence-corrected chi connectivity index (χ1v) is 6.21. The molecule has 0 bridgehead atoms. The molecule has 0 radical (unpaired) electrons. The highest BCUT2D eigenvalue weighted by Gasteiger charge is 2.32. The zero-order valence-electron chi connectivity index (χ0n) is 11.5. The summed E-state index contributed by atoms with van der Waals surface area (Å²) in [4.78, 5) is 21.3. The minimum absolute atomic E-state index is 0.0173. The van der Waals surface area contributed by atoms with Gasteiger partial charge in [-0.2, -0.15) is 5.10 Å². The van der Waals surface area contributed by atoms with E-state index < -0.39 is 30.8 Å². The average Bonchev–Trinajstić information content (AvgIpc) is 2.39. The molecule has 0 saturated carbocycles. The summed E-state index contributed by atoms with van der Waals surface area (Å²) in [5.41, 5.74) is 1.54. The van der Waals surface area contributed by atoms with Crippen LogP contribution in [0.25, 0.3) is 0 Å². The van der Waals surface area contributed by atoms with Crippen LogP contribution in [-0.4, -0.2) is 35.8 Å². The lowest BCUT2D eigenvalue weighted by atomic mass is 10.1. The van der Waals surface area contributed by atoms with Crippen molar-refractivity contribution in [3.8, 4) is 5.75 Å². The predicted molar refractivity (Wildman–Crippen MR) is 72.5 cm³/mol. The number of nitrogens with zero attached hydrogens (tertiary/aromatic N) is 1. The van der Waals surface area contributed by atoms with Crippen molar-refractivity contribution in [2.24, 2.45) is 5.10 Å². The monoisotopic (exact) mass is 354 g/mol. The number of halogens is 4. The molecule has 1 amide bonds. The first-order chi connectivity index (χ1) is 10.6. The summed E-state index contributed by atoms with van der Waals surface area (Å²) in [7, 11) is 0. The van der Waals surface area contributed by atoms with Gasteiger partial charge in [0.15, 0.2) is 0 Å². The van der Waals surface area contributed by atoms with Gasteiger partial charge in [0.25, 0.3) is 0 Å². The maximum atomic E-state index is 12.3. The summed E-state index contributed by atoms with van der Waals surface area (Å²) in [6, 6.07) is 3.25. The van der Waals surface area contributed by atoms with Gasteiger partial charge in [0.2, 0.25) is 0 Å². The minimum Gasteiger partial charge on any atom is -0.464 e. The fourth-order valence-electron chi connectivity index (χ4n) is 1.35. The van der Waals surface area contributed by atoms with Gasteiger partial charge in [-0.15, -0.1) is 13.2 Å². The normalized spacial score (nSPS) is 11.8. The Morgan fingerprint density at radius 3 is 2.57 bits per heavy atom. The van der Waals surface area contributed by atoms with E-state index >= 15 is 0 Å². The highest BCUT2D eigenvalue weighted by Crippen LogP contribution is 2.31. The smallest absolute Gasteiger partial charge is 0.464 e. The van der Waals surface area contributed by atoms with Gasteiger partial charge >= 0.3 is 18.4 Å². The van der Waals surface area contributed by atoms with E-state index in [9.17, 15) is 22.8 Å². The van der Waals surface area contributed by atoms with Crippen molar-refractivity contribution in [3.63, 3.8) is 0 Å². The maximum absolute atomic E-state index is 12.3. The van der Waals surface area contributed by atoms with E-state index in [1.807, 2.05) is 0 Å². The molecular weight excluding hydrogens is 345 g/mol. The Hall–Kier alpha value is -2.49. The average molecular weight is 355 g/mol. The van der Waals surface area contributed by atoms with E-state index in [4.69, 9.17) is 16.7 Å². The summed E-state index contributed by atoms with van der Waals surface area (Å²) in [5.74, 6) is -1.39. The number of carboxylic acid groups (broad SMARTS) is 1. The van der Waals surface area contributed by atoms with Crippen molar-refractivity contribution >= 4 is 29.4 Å². The number of hydrogen-bond donors (Lipinski definition) is 2. The lowest BCUT2D eigenvalue weighted by Crippen LogP contribution is -2.22. The molecule has 126 valence electrons. The van der Waals surface area contributed by atoms with Gasteiger partial charge in [-0.3, -0.25) is 4.79 Å². The van der Waals surface area contributed by atoms with E-state index in [2.05, 4.69) is 14.6 Å². The largest absolute Gasteiger partial charge is 0.573 e. The van der Waals surface area contributed by atoms with E-state index in [0.29, 0.717) is 0 Å². The molecule has 0 aliphatic heterocycles. The first kappa shape index (κ1) is 18.6. The summed E-state index contributed by atoms with van der Waals surface area (Å²) in [6.07, 6.45) is -6.47. The molecule has 0 saturated heterocycles. The van der Waals surface area contributed by atoms with Crippen LogP contribution in [0.15, 0.2) is 23.3 Å². The van der Waals surface area contributed by atoms with Crippen LogP contribution in [0.5, 0.6) is 5.75 Å². The predicted octanol–water partition coefficient (Wildman–Crippen LogP) is 2.77. The number of benzene rings is 1. The third-order valence-electron chi connectivity index (χ3n) is 2.19. The summed E-state index contributed by atoms with van der Waals surface area (Å²) < 4.78 is 45.3. The second kappa shape index (κ2) is 7.68. The summed E-state index contributed by atoms with van der Waals surface area (Å²) in [5, 5.41) is 11.6. The van der Waals surface area contributed by atoms with Crippen LogP contribution < -0.4 is 10.2 Å². The minimum atomic E-state index is -4.96. The van der Waals surface area contributed by atoms with Crippen LogP contribution in [-0.2, 0) is 9.53 Å². The van der Waals surface area contributed by atoms with E-state index in [-0.39, 0.29) is 16.3 Å². The SMILES string of the molecule is CC(=O)OCC(=NNC(=O)O)c1ccc(Cl)c(OC(F)(F)F)c1. The number of rotatable bonds is 5. The third kappa shape index (κ3) is 6.87. The van der Waals surface area contributed by atoms with Crippen LogP contribution in [0.3, 0.4) is 0 Å². The second-order valence-corrected chi connectivity index (χ2v) is 4.36. The maximum Gasteiger partial charge on any atom is 0.573 e. The van der Waals surface area contributed by atoms with Gasteiger partial charge in [0.05, 0.1) is 5.02 Å². The number of hydrogen-bond acceptors (Lipinski definition) is 5. The van der Waals surface area contributed by atoms with Gasteiger partial charge in [0, 0.05) is 12.5 Å². The third-order valence-corrected chi connectivity index (χ3v) is 2.50. The highest BCUT2D eigenvalue weighted by molar-refractivity contribution is 6.32. The molecule has 1 rings (SSSR count). The molecule has 0 heterocycles. The topological polar surface area (TPSA) is 97.2 Å². The molecule has 0 fully saturated rings. The van der Waals surface area contributed by atoms with Crippen molar-refractivity contribution in [3.05, 3.63) is 28.8 Å². The zero-order chi connectivity index (χ0) is 17.6. The van der Waals surface area contributed by atoms with Crippen LogP contribution >= 0.6 is 11.6 Å². The fraction of sp³-hybridized carbons (Fsp3) is 0.250.